The molecule has 7 nitrogen and oxygen atoms in total. The van der Waals surface area contributed by atoms with Gasteiger partial charge >= 0.3 is 12.1 Å². The molecule has 1 aliphatic rings. The average Bonchev–Trinajstić information content (AvgIpc) is 3.23. The number of alkyl carbamates (subject to hydrolysis) is 1. The standard InChI is InChI=1S/C22H24N2O5/c25-20(24-13-7-12-19(24)21(26)27)18(14-16-8-3-1-4-9-16)23-22(28)29-15-17-10-5-2-6-11-17/h1-6,8-11,18-19H,7,12-15H2,(H,23,28)(H,26,27)/t18-,19+/m1/s1. The van der Waals surface area contributed by atoms with Crippen LogP contribution < -0.4 is 5.32 Å². The Bertz CT molecular complexity index is 841. The number of ether oxygens (including phenoxy) is 1. The molecule has 0 spiro atoms. The minimum absolute atomic E-state index is 0.0837. The summed E-state index contributed by atoms with van der Waals surface area (Å²) in [7, 11) is 0. The second kappa shape index (κ2) is 9.73. The van der Waals surface area contributed by atoms with E-state index in [1.54, 1.807) is 0 Å². The minimum atomic E-state index is -1.03. The van der Waals surface area contributed by atoms with Gasteiger partial charge in [-0.1, -0.05) is 60.7 Å². The van der Waals surface area contributed by atoms with Crippen molar-refractivity contribution >= 4 is 18.0 Å². The van der Waals surface area contributed by atoms with Gasteiger partial charge in [0.25, 0.3) is 0 Å². The van der Waals surface area contributed by atoms with Gasteiger partial charge < -0.3 is 20.1 Å². The molecule has 3 rings (SSSR count). The Labute approximate surface area is 169 Å². The van der Waals surface area contributed by atoms with Gasteiger partial charge in [-0.15, -0.1) is 0 Å². The van der Waals surface area contributed by atoms with Gasteiger partial charge in [0.15, 0.2) is 0 Å². The molecule has 2 amide bonds. The third-order valence-corrected chi connectivity index (χ3v) is 4.91. The van der Waals surface area contributed by atoms with Crippen LogP contribution in [0.3, 0.4) is 0 Å². The Morgan fingerprint density at radius 3 is 2.28 bits per heavy atom. The lowest BCUT2D eigenvalue weighted by atomic mass is 10.0. The highest BCUT2D eigenvalue weighted by atomic mass is 16.5. The molecule has 1 saturated heterocycles. The SMILES string of the molecule is O=C(N[C@H](Cc1ccccc1)C(=O)N1CCC[C@H]1C(=O)O)OCc1ccccc1. The molecule has 152 valence electrons. The van der Waals surface area contributed by atoms with Crippen LogP contribution in [0.15, 0.2) is 60.7 Å². The Kier molecular flexibility index (Phi) is 6.84. The van der Waals surface area contributed by atoms with E-state index >= 15 is 0 Å². The number of rotatable bonds is 7. The van der Waals surface area contributed by atoms with Crippen molar-refractivity contribution in [2.75, 3.05) is 6.54 Å². The molecule has 2 atom stereocenters. The van der Waals surface area contributed by atoms with Crippen molar-refractivity contribution in [3.05, 3.63) is 71.8 Å². The highest BCUT2D eigenvalue weighted by Crippen LogP contribution is 2.19. The van der Waals surface area contributed by atoms with E-state index in [0.717, 1.165) is 11.1 Å². The van der Waals surface area contributed by atoms with E-state index in [1.807, 2.05) is 60.7 Å². The predicted molar refractivity (Wildman–Crippen MR) is 106 cm³/mol. The van der Waals surface area contributed by atoms with Crippen LogP contribution in [-0.4, -0.2) is 46.6 Å². The molecule has 7 heteroatoms. The molecule has 1 aliphatic heterocycles. The molecular weight excluding hydrogens is 372 g/mol. The van der Waals surface area contributed by atoms with Gasteiger partial charge in [0.2, 0.25) is 5.91 Å². The van der Waals surface area contributed by atoms with E-state index < -0.39 is 30.1 Å². The summed E-state index contributed by atoms with van der Waals surface area (Å²) in [5.74, 6) is -1.43. The Morgan fingerprint density at radius 1 is 1.03 bits per heavy atom. The monoisotopic (exact) mass is 396 g/mol. The third-order valence-electron chi connectivity index (χ3n) is 4.91. The van der Waals surface area contributed by atoms with Gasteiger partial charge in [0, 0.05) is 13.0 Å². The van der Waals surface area contributed by atoms with Crippen molar-refractivity contribution in [3.63, 3.8) is 0 Å². The normalized spacial score (nSPS) is 16.8. The van der Waals surface area contributed by atoms with Crippen LogP contribution in [0.5, 0.6) is 0 Å². The lowest BCUT2D eigenvalue weighted by Crippen LogP contribution is -2.52. The van der Waals surface area contributed by atoms with Crippen molar-refractivity contribution < 1.29 is 24.2 Å². The molecule has 0 aromatic heterocycles. The zero-order valence-corrected chi connectivity index (χ0v) is 16.0. The molecule has 2 aromatic rings. The van der Waals surface area contributed by atoms with Crippen molar-refractivity contribution in [2.45, 2.75) is 38.0 Å². The summed E-state index contributed by atoms with van der Waals surface area (Å²) in [4.78, 5) is 38.2. The Hall–Kier alpha value is -3.35. The van der Waals surface area contributed by atoms with Crippen LogP contribution in [0, 0.1) is 0 Å². The smallest absolute Gasteiger partial charge is 0.408 e. The van der Waals surface area contributed by atoms with E-state index in [0.29, 0.717) is 19.4 Å². The van der Waals surface area contributed by atoms with E-state index in [-0.39, 0.29) is 13.0 Å². The van der Waals surface area contributed by atoms with E-state index in [1.165, 1.54) is 4.90 Å². The molecule has 0 radical (unpaired) electrons. The molecule has 0 saturated carbocycles. The first kappa shape index (κ1) is 20.4. The molecular formula is C22H24N2O5. The Morgan fingerprint density at radius 2 is 1.66 bits per heavy atom. The maximum atomic E-state index is 13.1. The average molecular weight is 396 g/mol. The molecule has 1 fully saturated rings. The first-order valence-electron chi connectivity index (χ1n) is 9.59. The molecule has 0 unspecified atom stereocenters. The number of nitrogens with one attached hydrogen (secondary N) is 1. The number of nitrogens with zero attached hydrogens (tertiary/aromatic N) is 1. The van der Waals surface area contributed by atoms with Gasteiger partial charge in [0.1, 0.15) is 18.7 Å². The number of aliphatic carboxylic acids is 1. The highest BCUT2D eigenvalue weighted by Gasteiger charge is 2.37. The summed E-state index contributed by atoms with van der Waals surface area (Å²) >= 11 is 0. The van der Waals surface area contributed by atoms with Gasteiger partial charge in [-0.25, -0.2) is 9.59 Å². The van der Waals surface area contributed by atoms with Crippen LogP contribution in [0.25, 0.3) is 0 Å². The summed E-state index contributed by atoms with van der Waals surface area (Å²) in [6.07, 6.45) is 0.578. The highest BCUT2D eigenvalue weighted by molar-refractivity contribution is 5.90. The number of benzene rings is 2. The molecule has 29 heavy (non-hydrogen) atoms. The number of likely N-dealkylation sites (tertiary alicyclic amines) is 1. The summed E-state index contributed by atoms with van der Waals surface area (Å²) in [5.41, 5.74) is 1.69. The van der Waals surface area contributed by atoms with Gasteiger partial charge in [0.05, 0.1) is 0 Å². The number of carbonyl (C=O) groups excluding carboxylic acids is 2. The topological polar surface area (TPSA) is 95.9 Å². The fourth-order valence-corrected chi connectivity index (χ4v) is 3.44. The molecule has 2 N–H and O–H groups in total. The molecule has 2 aromatic carbocycles. The molecule has 1 heterocycles. The fraction of sp³-hybridized carbons (Fsp3) is 0.318. The van der Waals surface area contributed by atoms with Crippen molar-refractivity contribution in [1.29, 1.82) is 0 Å². The number of carbonyl (C=O) groups is 3. The van der Waals surface area contributed by atoms with E-state index in [9.17, 15) is 19.5 Å². The lowest BCUT2D eigenvalue weighted by molar-refractivity contribution is -0.148. The van der Waals surface area contributed by atoms with Gasteiger partial charge in [-0.2, -0.15) is 0 Å². The second-order valence-corrected chi connectivity index (χ2v) is 6.98. The maximum absolute atomic E-state index is 13.1. The number of amides is 2. The summed E-state index contributed by atoms with van der Waals surface area (Å²) in [6.45, 7) is 0.447. The van der Waals surface area contributed by atoms with Crippen LogP contribution in [0.2, 0.25) is 0 Å². The number of hydrogen-bond donors (Lipinski definition) is 2. The first-order chi connectivity index (χ1) is 14.0. The third kappa shape index (κ3) is 5.57. The van der Waals surface area contributed by atoms with Gasteiger partial charge in [-0.05, 0) is 24.0 Å². The largest absolute Gasteiger partial charge is 0.480 e. The quantitative estimate of drug-likeness (QED) is 0.750. The zero-order chi connectivity index (χ0) is 20.6. The van der Waals surface area contributed by atoms with E-state index in [4.69, 9.17) is 4.74 Å². The summed E-state index contributed by atoms with van der Waals surface area (Å²) < 4.78 is 5.25. The summed E-state index contributed by atoms with van der Waals surface area (Å²) in [5, 5.41) is 12.0. The number of carboxylic acids is 1. The van der Waals surface area contributed by atoms with Gasteiger partial charge in [-0.3, -0.25) is 4.79 Å². The van der Waals surface area contributed by atoms with E-state index in [2.05, 4.69) is 5.32 Å². The fourth-order valence-electron chi connectivity index (χ4n) is 3.44. The minimum Gasteiger partial charge on any atom is -0.480 e. The lowest BCUT2D eigenvalue weighted by Gasteiger charge is -2.27. The van der Waals surface area contributed by atoms with Crippen molar-refractivity contribution in [1.82, 2.24) is 10.2 Å². The zero-order valence-electron chi connectivity index (χ0n) is 16.0. The van der Waals surface area contributed by atoms with Crippen molar-refractivity contribution in [3.8, 4) is 0 Å². The van der Waals surface area contributed by atoms with Crippen molar-refractivity contribution in [2.24, 2.45) is 0 Å². The second-order valence-electron chi connectivity index (χ2n) is 6.98. The van der Waals surface area contributed by atoms with Crippen LogP contribution in [-0.2, 0) is 27.4 Å². The number of carboxylic acid groups (broad SMARTS) is 1. The van der Waals surface area contributed by atoms with Crippen LogP contribution >= 0.6 is 0 Å². The van der Waals surface area contributed by atoms with Crippen LogP contribution in [0.4, 0.5) is 4.79 Å². The Balaban J connectivity index is 1.69. The summed E-state index contributed by atoms with van der Waals surface area (Å²) in [6, 6.07) is 16.7. The van der Waals surface area contributed by atoms with Crippen LogP contribution in [0.1, 0.15) is 24.0 Å². The first-order valence-corrected chi connectivity index (χ1v) is 9.59. The molecule has 0 bridgehead atoms. The molecule has 0 aliphatic carbocycles. The predicted octanol–water partition coefficient (Wildman–Crippen LogP) is 2.60. The maximum Gasteiger partial charge on any atom is 0.408 e. The number of hydrogen-bond acceptors (Lipinski definition) is 4.